The van der Waals surface area contributed by atoms with E-state index in [0.717, 1.165) is 12.7 Å². The molecule has 0 heterocycles. The Kier molecular flexibility index (Phi) is 3.69. The molecule has 1 aromatic carbocycles. The molecule has 0 saturated heterocycles. The lowest BCUT2D eigenvalue weighted by molar-refractivity contribution is -0.108. The van der Waals surface area contributed by atoms with Crippen LogP contribution in [0, 0.1) is 6.92 Å². The lowest BCUT2D eigenvalue weighted by Gasteiger charge is -2.12. The molecule has 1 aromatic rings. The first-order valence-electron chi connectivity index (χ1n) is 4.75. The number of carbonyl (C=O) groups is 1. The van der Waals surface area contributed by atoms with Crippen LogP contribution in [0.3, 0.4) is 0 Å². The van der Waals surface area contributed by atoms with Gasteiger partial charge in [0.1, 0.15) is 6.29 Å². The van der Waals surface area contributed by atoms with Crippen molar-refractivity contribution >= 4 is 6.29 Å². The van der Waals surface area contributed by atoms with Gasteiger partial charge in [-0.15, -0.1) is 0 Å². The fourth-order valence-electron chi connectivity index (χ4n) is 1.61. The molecule has 1 unspecified atom stereocenters. The summed E-state index contributed by atoms with van der Waals surface area (Å²) in [5, 5.41) is 0. The summed E-state index contributed by atoms with van der Waals surface area (Å²) in [4.78, 5) is 10.2. The third kappa shape index (κ3) is 2.69. The average molecular weight is 176 g/mol. The van der Waals surface area contributed by atoms with Crippen LogP contribution in [0.5, 0.6) is 0 Å². The van der Waals surface area contributed by atoms with Gasteiger partial charge in [-0.2, -0.15) is 0 Å². The summed E-state index contributed by atoms with van der Waals surface area (Å²) in [7, 11) is 0. The summed E-state index contributed by atoms with van der Waals surface area (Å²) >= 11 is 0. The second-order valence-corrected chi connectivity index (χ2v) is 3.50. The highest BCUT2D eigenvalue weighted by Gasteiger charge is 2.06. The monoisotopic (exact) mass is 176 g/mol. The molecule has 0 aromatic heterocycles. The molecule has 0 radical (unpaired) electrons. The van der Waals surface area contributed by atoms with Crippen LogP contribution in [-0.4, -0.2) is 6.29 Å². The van der Waals surface area contributed by atoms with E-state index in [0.29, 0.717) is 12.3 Å². The van der Waals surface area contributed by atoms with Crippen LogP contribution >= 0.6 is 0 Å². The highest BCUT2D eigenvalue weighted by atomic mass is 16.1. The number of hydrogen-bond acceptors (Lipinski definition) is 1. The van der Waals surface area contributed by atoms with Crippen LogP contribution in [0.4, 0.5) is 0 Å². The number of hydrogen-bond donors (Lipinski definition) is 0. The van der Waals surface area contributed by atoms with E-state index >= 15 is 0 Å². The Morgan fingerprint density at radius 1 is 1.38 bits per heavy atom. The van der Waals surface area contributed by atoms with Gasteiger partial charge < -0.3 is 4.79 Å². The summed E-state index contributed by atoms with van der Waals surface area (Å²) < 4.78 is 0. The van der Waals surface area contributed by atoms with Crippen molar-refractivity contribution in [3.8, 4) is 0 Å². The van der Waals surface area contributed by atoms with Gasteiger partial charge in [0.25, 0.3) is 0 Å². The van der Waals surface area contributed by atoms with E-state index < -0.39 is 0 Å². The average Bonchev–Trinajstić information content (AvgIpc) is 2.15. The van der Waals surface area contributed by atoms with Crippen molar-refractivity contribution < 1.29 is 4.79 Å². The van der Waals surface area contributed by atoms with Gasteiger partial charge in [-0.3, -0.25) is 0 Å². The van der Waals surface area contributed by atoms with Crippen LogP contribution in [-0.2, 0) is 4.79 Å². The molecule has 0 spiro atoms. The van der Waals surface area contributed by atoms with Crippen molar-refractivity contribution in [2.24, 2.45) is 0 Å². The molecule has 0 fully saturated rings. The molecule has 1 heteroatoms. The molecule has 0 N–H and O–H groups in total. The van der Waals surface area contributed by atoms with Crippen molar-refractivity contribution in [1.29, 1.82) is 0 Å². The number of carbonyl (C=O) groups excluding carboxylic acids is 1. The minimum absolute atomic E-state index is 0.492. The Balaban J connectivity index is 2.70. The van der Waals surface area contributed by atoms with Crippen molar-refractivity contribution in [1.82, 2.24) is 0 Å². The van der Waals surface area contributed by atoms with Gasteiger partial charge in [0.05, 0.1) is 0 Å². The summed E-state index contributed by atoms with van der Waals surface area (Å²) in [6, 6.07) is 8.36. The normalized spacial score (nSPS) is 12.5. The molecule has 1 atom stereocenters. The van der Waals surface area contributed by atoms with Crippen molar-refractivity contribution in [3.63, 3.8) is 0 Å². The van der Waals surface area contributed by atoms with Crippen molar-refractivity contribution in [3.05, 3.63) is 35.4 Å². The van der Waals surface area contributed by atoms with E-state index in [1.807, 2.05) is 6.07 Å². The first-order valence-corrected chi connectivity index (χ1v) is 4.75. The Hall–Kier alpha value is -1.11. The molecule has 0 aliphatic heterocycles. The first kappa shape index (κ1) is 9.97. The van der Waals surface area contributed by atoms with Crippen molar-refractivity contribution in [2.45, 2.75) is 32.6 Å². The Morgan fingerprint density at radius 2 is 2.08 bits per heavy atom. The van der Waals surface area contributed by atoms with Gasteiger partial charge >= 0.3 is 0 Å². The zero-order valence-electron chi connectivity index (χ0n) is 8.29. The second-order valence-electron chi connectivity index (χ2n) is 3.50. The van der Waals surface area contributed by atoms with Gasteiger partial charge in [0.15, 0.2) is 0 Å². The summed E-state index contributed by atoms with van der Waals surface area (Å²) in [6.45, 7) is 4.29. The number of aryl methyl sites for hydroxylation is 1. The van der Waals surface area contributed by atoms with Crippen LogP contribution in [0.15, 0.2) is 24.3 Å². The lowest BCUT2D eigenvalue weighted by atomic mass is 9.93. The molecule has 70 valence electrons. The van der Waals surface area contributed by atoms with Gasteiger partial charge in [-0.25, -0.2) is 0 Å². The molecule has 0 bridgehead atoms. The van der Waals surface area contributed by atoms with Gasteiger partial charge in [-0.05, 0) is 30.4 Å². The molecule has 1 rings (SSSR count). The van der Waals surface area contributed by atoms with Crippen molar-refractivity contribution in [2.75, 3.05) is 0 Å². The number of benzene rings is 1. The van der Waals surface area contributed by atoms with E-state index in [-0.39, 0.29) is 0 Å². The molecular formula is C12H16O. The second kappa shape index (κ2) is 4.80. The van der Waals surface area contributed by atoms with E-state index in [9.17, 15) is 4.79 Å². The predicted octanol–water partition coefficient (Wildman–Crippen LogP) is 3.08. The third-order valence-electron chi connectivity index (χ3n) is 2.44. The summed E-state index contributed by atoms with van der Waals surface area (Å²) in [5.41, 5.74) is 2.69. The van der Waals surface area contributed by atoms with E-state index in [1.54, 1.807) is 0 Å². The highest BCUT2D eigenvalue weighted by molar-refractivity contribution is 5.49. The molecule has 1 nitrogen and oxygen atoms in total. The van der Waals surface area contributed by atoms with Crippen LogP contribution in [0.25, 0.3) is 0 Å². The van der Waals surface area contributed by atoms with E-state index in [4.69, 9.17) is 0 Å². The molecule has 0 saturated carbocycles. The van der Waals surface area contributed by atoms with E-state index in [2.05, 4.69) is 32.0 Å². The SMILES string of the molecule is Cc1ccccc1C(C)CCC=O. The number of rotatable bonds is 4. The van der Waals surface area contributed by atoms with Crippen LogP contribution < -0.4 is 0 Å². The standard InChI is InChI=1S/C12H16O/c1-10-6-3-4-8-12(10)11(2)7-5-9-13/h3-4,6,8-9,11H,5,7H2,1-2H3. The maximum Gasteiger partial charge on any atom is 0.120 e. The zero-order chi connectivity index (χ0) is 9.68. The Bertz CT molecular complexity index is 278. The minimum atomic E-state index is 0.492. The highest BCUT2D eigenvalue weighted by Crippen LogP contribution is 2.22. The van der Waals surface area contributed by atoms with Gasteiger partial charge in [-0.1, -0.05) is 31.2 Å². The molecular weight excluding hydrogens is 160 g/mol. The fraction of sp³-hybridized carbons (Fsp3) is 0.417. The van der Waals surface area contributed by atoms with Gasteiger partial charge in [0.2, 0.25) is 0 Å². The molecule has 0 aliphatic rings. The first-order chi connectivity index (χ1) is 6.25. The third-order valence-corrected chi connectivity index (χ3v) is 2.44. The fourth-order valence-corrected chi connectivity index (χ4v) is 1.61. The quantitative estimate of drug-likeness (QED) is 0.644. The maximum absolute atomic E-state index is 10.2. The maximum atomic E-state index is 10.2. The Morgan fingerprint density at radius 3 is 2.69 bits per heavy atom. The summed E-state index contributed by atoms with van der Waals surface area (Å²) in [5.74, 6) is 0.492. The molecule has 0 aliphatic carbocycles. The van der Waals surface area contributed by atoms with Crippen LogP contribution in [0.2, 0.25) is 0 Å². The van der Waals surface area contributed by atoms with E-state index in [1.165, 1.54) is 11.1 Å². The zero-order valence-corrected chi connectivity index (χ0v) is 8.29. The Labute approximate surface area is 79.8 Å². The topological polar surface area (TPSA) is 17.1 Å². The predicted molar refractivity (Wildman–Crippen MR) is 54.9 cm³/mol. The molecule has 0 amide bonds. The summed E-state index contributed by atoms with van der Waals surface area (Å²) in [6.07, 6.45) is 2.61. The smallest absolute Gasteiger partial charge is 0.120 e. The molecule has 13 heavy (non-hydrogen) atoms. The number of aldehydes is 1. The largest absolute Gasteiger partial charge is 0.303 e. The lowest BCUT2D eigenvalue weighted by Crippen LogP contribution is -1.96. The van der Waals surface area contributed by atoms with Crippen LogP contribution in [0.1, 0.15) is 36.8 Å². The minimum Gasteiger partial charge on any atom is -0.303 e. The van der Waals surface area contributed by atoms with Gasteiger partial charge in [0, 0.05) is 6.42 Å².